The zero-order valence-corrected chi connectivity index (χ0v) is 9.90. The molecular formula is C9H5F2IN2O2. The van der Waals surface area contributed by atoms with E-state index in [2.05, 4.69) is 4.98 Å². The van der Waals surface area contributed by atoms with Crippen molar-refractivity contribution in [2.24, 2.45) is 0 Å². The number of rotatable bonds is 3. The maximum Gasteiger partial charge on any atom is 0.307 e. The van der Waals surface area contributed by atoms with Gasteiger partial charge in [0.15, 0.2) is 5.69 Å². The minimum absolute atomic E-state index is 0.00819. The first-order chi connectivity index (χ1) is 7.47. The summed E-state index contributed by atoms with van der Waals surface area (Å²) in [4.78, 5) is 14.1. The quantitative estimate of drug-likeness (QED) is 0.857. The van der Waals surface area contributed by atoms with Crippen molar-refractivity contribution in [2.75, 3.05) is 0 Å². The van der Waals surface area contributed by atoms with Gasteiger partial charge in [0.1, 0.15) is 6.07 Å². The average Bonchev–Trinajstić information content (AvgIpc) is 2.16. The Morgan fingerprint density at radius 2 is 2.31 bits per heavy atom. The fourth-order valence-electron chi connectivity index (χ4n) is 1.15. The first-order valence-corrected chi connectivity index (χ1v) is 5.12. The second kappa shape index (κ2) is 5.16. The standard InChI is InChI=1S/C9H5F2IN2O2/c10-9(11)7-4(1-6(15)16)3-14-5(2-13)8(7)12/h3,9H,1H2,(H,15,16). The van der Waals surface area contributed by atoms with Gasteiger partial charge in [0, 0.05) is 11.8 Å². The molecule has 0 fully saturated rings. The summed E-state index contributed by atoms with van der Waals surface area (Å²) in [6.07, 6.45) is -2.35. The second-order valence-electron chi connectivity index (χ2n) is 2.84. The lowest BCUT2D eigenvalue weighted by Crippen LogP contribution is -2.08. The highest BCUT2D eigenvalue weighted by Crippen LogP contribution is 2.29. The van der Waals surface area contributed by atoms with Gasteiger partial charge in [-0.3, -0.25) is 4.79 Å². The highest BCUT2D eigenvalue weighted by molar-refractivity contribution is 14.1. The number of halogens is 3. The van der Waals surface area contributed by atoms with E-state index in [1.807, 2.05) is 0 Å². The van der Waals surface area contributed by atoms with Gasteiger partial charge in [-0.25, -0.2) is 13.8 Å². The third-order valence-electron chi connectivity index (χ3n) is 1.81. The first kappa shape index (κ1) is 12.8. The van der Waals surface area contributed by atoms with Gasteiger partial charge < -0.3 is 5.11 Å². The molecule has 0 atom stereocenters. The monoisotopic (exact) mass is 338 g/mol. The van der Waals surface area contributed by atoms with Crippen LogP contribution in [-0.4, -0.2) is 16.1 Å². The van der Waals surface area contributed by atoms with Crippen LogP contribution in [0.3, 0.4) is 0 Å². The summed E-state index contributed by atoms with van der Waals surface area (Å²) in [5, 5.41) is 17.2. The topological polar surface area (TPSA) is 74.0 Å². The molecule has 0 aliphatic carbocycles. The minimum Gasteiger partial charge on any atom is -0.481 e. The Balaban J connectivity index is 3.35. The largest absolute Gasteiger partial charge is 0.481 e. The molecule has 0 spiro atoms. The van der Waals surface area contributed by atoms with Crippen molar-refractivity contribution in [1.82, 2.24) is 4.98 Å². The summed E-state index contributed by atoms with van der Waals surface area (Å²) < 4.78 is 25.4. The van der Waals surface area contributed by atoms with Gasteiger partial charge in [0.25, 0.3) is 6.43 Å². The van der Waals surface area contributed by atoms with Gasteiger partial charge in [-0.2, -0.15) is 5.26 Å². The highest BCUT2D eigenvalue weighted by Gasteiger charge is 2.21. The van der Waals surface area contributed by atoms with Gasteiger partial charge >= 0.3 is 5.97 Å². The van der Waals surface area contributed by atoms with E-state index in [1.54, 1.807) is 28.7 Å². The summed E-state index contributed by atoms with van der Waals surface area (Å²) in [6, 6.07) is 1.67. The molecule has 0 bridgehead atoms. The third kappa shape index (κ3) is 2.63. The lowest BCUT2D eigenvalue weighted by Gasteiger charge is -2.09. The van der Waals surface area contributed by atoms with Gasteiger partial charge in [-0.05, 0) is 28.2 Å². The molecule has 16 heavy (non-hydrogen) atoms. The third-order valence-corrected chi connectivity index (χ3v) is 2.90. The number of aromatic nitrogens is 1. The smallest absolute Gasteiger partial charge is 0.307 e. The van der Waals surface area contributed by atoms with Crippen LogP contribution in [0.2, 0.25) is 0 Å². The maximum absolute atomic E-state index is 12.7. The molecule has 0 aromatic carbocycles. The van der Waals surface area contributed by atoms with E-state index >= 15 is 0 Å². The molecule has 84 valence electrons. The number of nitriles is 1. The molecule has 0 amide bonds. The van der Waals surface area contributed by atoms with Gasteiger partial charge in [-0.15, -0.1) is 0 Å². The van der Waals surface area contributed by atoms with E-state index in [0.29, 0.717) is 0 Å². The van der Waals surface area contributed by atoms with Crippen LogP contribution < -0.4 is 0 Å². The van der Waals surface area contributed by atoms with E-state index in [9.17, 15) is 13.6 Å². The number of alkyl halides is 2. The summed E-state index contributed by atoms with van der Waals surface area (Å²) >= 11 is 1.57. The number of carboxylic acid groups (broad SMARTS) is 1. The van der Waals surface area contributed by atoms with Gasteiger partial charge in [0.05, 0.1) is 9.99 Å². The minimum atomic E-state index is -2.82. The fourth-order valence-corrected chi connectivity index (χ4v) is 2.00. The Morgan fingerprint density at radius 1 is 1.69 bits per heavy atom. The molecular weight excluding hydrogens is 333 g/mol. The van der Waals surface area contributed by atoms with Crippen molar-refractivity contribution in [3.63, 3.8) is 0 Å². The first-order valence-electron chi connectivity index (χ1n) is 4.04. The van der Waals surface area contributed by atoms with Crippen LogP contribution in [0.5, 0.6) is 0 Å². The van der Waals surface area contributed by atoms with Crippen molar-refractivity contribution in [3.05, 3.63) is 26.6 Å². The lowest BCUT2D eigenvalue weighted by atomic mass is 10.1. The molecule has 0 aliphatic rings. The Morgan fingerprint density at radius 3 is 2.75 bits per heavy atom. The molecule has 0 saturated heterocycles. The van der Waals surface area contributed by atoms with Crippen molar-refractivity contribution in [1.29, 1.82) is 5.26 Å². The highest BCUT2D eigenvalue weighted by atomic mass is 127. The zero-order chi connectivity index (χ0) is 12.3. The summed E-state index contributed by atoms with van der Waals surface area (Å²) in [5.41, 5.74) is -0.606. The number of hydrogen-bond donors (Lipinski definition) is 1. The van der Waals surface area contributed by atoms with Gasteiger partial charge in [-0.1, -0.05) is 0 Å². The molecule has 1 rings (SSSR count). The SMILES string of the molecule is N#Cc1ncc(CC(=O)O)c(C(F)F)c1I. The Bertz CT molecular complexity index is 471. The van der Waals surface area contributed by atoms with Crippen molar-refractivity contribution < 1.29 is 18.7 Å². The molecule has 1 aromatic rings. The van der Waals surface area contributed by atoms with Crippen molar-refractivity contribution >= 4 is 28.6 Å². The van der Waals surface area contributed by atoms with E-state index in [4.69, 9.17) is 10.4 Å². The summed E-state index contributed by atoms with van der Waals surface area (Å²) in [7, 11) is 0. The molecule has 7 heteroatoms. The molecule has 1 aromatic heterocycles. The molecule has 0 radical (unpaired) electrons. The summed E-state index contributed by atoms with van der Waals surface area (Å²) in [5.74, 6) is -1.22. The van der Waals surface area contributed by atoms with E-state index in [-0.39, 0.29) is 14.8 Å². The van der Waals surface area contributed by atoms with Crippen molar-refractivity contribution in [3.8, 4) is 6.07 Å². The predicted molar refractivity (Wildman–Crippen MR) is 58.0 cm³/mol. The molecule has 0 aliphatic heterocycles. The second-order valence-corrected chi connectivity index (χ2v) is 3.92. The van der Waals surface area contributed by atoms with Crippen LogP contribution in [0.1, 0.15) is 23.2 Å². The molecule has 1 heterocycles. The van der Waals surface area contributed by atoms with Crippen LogP contribution in [-0.2, 0) is 11.2 Å². The Hall–Kier alpha value is -1.30. The number of carboxylic acids is 1. The number of hydrogen-bond acceptors (Lipinski definition) is 3. The zero-order valence-electron chi connectivity index (χ0n) is 7.75. The van der Waals surface area contributed by atoms with E-state index in [1.165, 1.54) is 0 Å². The van der Waals surface area contributed by atoms with E-state index < -0.39 is 24.4 Å². The Labute approximate surface area is 103 Å². The molecule has 4 nitrogen and oxygen atoms in total. The van der Waals surface area contributed by atoms with Crippen molar-refractivity contribution in [2.45, 2.75) is 12.8 Å². The van der Waals surface area contributed by atoms with Crippen LogP contribution in [0.4, 0.5) is 8.78 Å². The lowest BCUT2D eigenvalue weighted by molar-refractivity contribution is -0.136. The Kier molecular flexibility index (Phi) is 4.12. The van der Waals surface area contributed by atoms with Crippen LogP contribution in [0.15, 0.2) is 6.20 Å². The molecule has 0 unspecified atom stereocenters. The number of aliphatic carboxylic acids is 1. The summed E-state index contributed by atoms with van der Waals surface area (Å²) in [6.45, 7) is 0. The molecule has 1 N–H and O–H groups in total. The predicted octanol–water partition coefficient (Wildman–Crippen LogP) is 2.12. The van der Waals surface area contributed by atoms with Crippen LogP contribution in [0.25, 0.3) is 0 Å². The number of pyridine rings is 1. The number of nitrogens with zero attached hydrogens (tertiary/aromatic N) is 2. The molecule has 0 saturated carbocycles. The fraction of sp³-hybridized carbons (Fsp3) is 0.222. The van der Waals surface area contributed by atoms with E-state index in [0.717, 1.165) is 6.20 Å². The average molecular weight is 338 g/mol. The number of carbonyl (C=O) groups is 1. The van der Waals surface area contributed by atoms with Crippen LogP contribution >= 0.6 is 22.6 Å². The normalized spacial score (nSPS) is 10.2. The van der Waals surface area contributed by atoms with Crippen LogP contribution in [0, 0.1) is 14.9 Å². The maximum atomic E-state index is 12.7. The van der Waals surface area contributed by atoms with Gasteiger partial charge in [0.2, 0.25) is 0 Å².